The monoisotopic (exact) mass is 519 g/mol. The molecular formula is C27H45N5O5. The SMILES string of the molecule is CC(C)(C)NC(=O)NC(C(=O)N1C[C@H]2C(C1C(=O)NC(CC1CCC1)C(=O)C(N)=O)C2(C)C)C(C)(C)C. The highest BCUT2D eigenvalue weighted by Crippen LogP contribution is 2.65. The zero-order valence-electron chi connectivity index (χ0n) is 23.6. The van der Waals surface area contributed by atoms with Gasteiger partial charge >= 0.3 is 6.03 Å². The second kappa shape index (κ2) is 9.91. The Bertz CT molecular complexity index is 959. The second-order valence-electron chi connectivity index (χ2n) is 13.9. The van der Waals surface area contributed by atoms with Crippen LogP contribution in [0.4, 0.5) is 4.79 Å². The van der Waals surface area contributed by atoms with Crippen molar-refractivity contribution in [3.05, 3.63) is 0 Å². The summed E-state index contributed by atoms with van der Waals surface area (Å²) in [4.78, 5) is 66.1. The zero-order chi connectivity index (χ0) is 28.1. The highest BCUT2D eigenvalue weighted by molar-refractivity contribution is 6.37. The number of nitrogens with zero attached hydrogens (tertiary/aromatic N) is 1. The van der Waals surface area contributed by atoms with Gasteiger partial charge in [0.1, 0.15) is 12.1 Å². The summed E-state index contributed by atoms with van der Waals surface area (Å²) in [5, 5.41) is 8.44. The van der Waals surface area contributed by atoms with E-state index >= 15 is 0 Å². The summed E-state index contributed by atoms with van der Waals surface area (Å²) in [6.07, 6.45) is 3.31. The van der Waals surface area contributed by atoms with Crippen molar-refractivity contribution in [2.45, 2.75) is 105 Å². The van der Waals surface area contributed by atoms with Crippen LogP contribution in [0.15, 0.2) is 0 Å². The predicted octanol–water partition coefficient (Wildman–Crippen LogP) is 1.71. The smallest absolute Gasteiger partial charge is 0.315 e. The number of hydrogen-bond acceptors (Lipinski definition) is 5. The Morgan fingerprint density at radius 1 is 1.00 bits per heavy atom. The van der Waals surface area contributed by atoms with Crippen LogP contribution in [-0.4, -0.2) is 64.6 Å². The van der Waals surface area contributed by atoms with Gasteiger partial charge < -0.3 is 26.6 Å². The number of ketones is 1. The molecule has 2 aliphatic carbocycles. The summed E-state index contributed by atoms with van der Waals surface area (Å²) in [6, 6.07) is -3.13. The molecule has 1 aliphatic heterocycles. The van der Waals surface area contributed by atoms with Gasteiger partial charge in [0, 0.05) is 12.1 Å². The number of fused-ring (bicyclic) bond motifs is 1. The molecule has 3 aliphatic rings. The fourth-order valence-electron chi connectivity index (χ4n) is 5.86. The van der Waals surface area contributed by atoms with E-state index in [4.69, 9.17) is 5.73 Å². The lowest BCUT2D eigenvalue weighted by Gasteiger charge is -2.38. The minimum Gasteiger partial charge on any atom is -0.363 e. The lowest BCUT2D eigenvalue weighted by Crippen LogP contribution is -2.62. The van der Waals surface area contributed by atoms with Crippen molar-refractivity contribution >= 4 is 29.5 Å². The van der Waals surface area contributed by atoms with Gasteiger partial charge in [0.15, 0.2) is 0 Å². The van der Waals surface area contributed by atoms with Gasteiger partial charge in [-0.05, 0) is 55.8 Å². The number of Topliss-reactive ketones (excluding diaryl/α,β-unsaturated/α-hetero) is 1. The summed E-state index contributed by atoms with van der Waals surface area (Å²) in [5.41, 5.74) is 4.04. The largest absolute Gasteiger partial charge is 0.363 e. The van der Waals surface area contributed by atoms with Crippen LogP contribution >= 0.6 is 0 Å². The number of carbonyl (C=O) groups is 5. The van der Waals surface area contributed by atoms with Gasteiger partial charge in [-0.3, -0.25) is 19.2 Å². The van der Waals surface area contributed by atoms with Crippen LogP contribution in [0.25, 0.3) is 0 Å². The first-order chi connectivity index (χ1) is 16.8. The van der Waals surface area contributed by atoms with Crippen LogP contribution in [0.1, 0.15) is 81.1 Å². The molecule has 0 aromatic rings. The van der Waals surface area contributed by atoms with Crippen LogP contribution in [0.5, 0.6) is 0 Å². The predicted molar refractivity (Wildman–Crippen MR) is 139 cm³/mol. The van der Waals surface area contributed by atoms with E-state index < -0.39 is 52.7 Å². The van der Waals surface area contributed by atoms with Crippen molar-refractivity contribution in [1.29, 1.82) is 0 Å². The first kappa shape index (κ1) is 28.9. The van der Waals surface area contributed by atoms with Gasteiger partial charge in [-0.15, -0.1) is 0 Å². The molecule has 5 atom stereocenters. The molecule has 0 aromatic heterocycles. The Kier molecular flexibility index (Phi) is 7.74. The number of hydrogen-bond donors (Lipinski definition) is 4. The van der Waals surface area contributed by atoms with E-state index in [0.717, 1.165) is 19.3 Å². The second-order valence-corrected chi connectivity index (χ2v) is 13.9. The molecule has 1 heterocycles. The van der Waals surface area contributed by atoms with Gasteiger partial charge in [-0.2, -0.15) is 0 Å². The maximum Gasteiger partial charge on any atom is 0.315 e. The van der Waals surface area contributed by atoms with Gasteiger partial charge in [0.05, 0.1) is 6.04 Å². The Morgan fingerprint density at radius 2 is 1.59 bits per heavy atom. The molecule has 0 radical (unpaired) electrons. The number of piperidine rings is 1. The number of likely N-dealkylation sites (tertiary alicyclic amines) is 1. The molecule has 5 N–H and O–H groups in total. The van der Waals surface area contributed by atoms with Crippen molar-refractivity contribution in [3.8, 4) is 0 Å². The van der Waals surface area contributed by atoms with Gasteiger partial charge in [-0.25, -0.2) is 4.79 Å². The van der Waals surface area contributed by atoms with E-state index in [1.807, 2.05) is 41.5 Å². The highest BCUT2D eigenvalue weighted by atomic mass is 16.2. The fourth-order valence-corrected chi connectivity index (χ4v) is 5.86. The molecule has 0 bridgehead atoms. The molecule has 0 aromatic carbocycles. The third-order valence-electron chi connectivity index (χ3n) is 8.31. The summed E-state index contributed by atoms with van der Waals surface area (Å²) in [5.74, 6) is -2.35. The minimum atomic E-state index is -1.07. The Balaban J connectivity index is 1.83. The first-order valence-electron chi connectivity index (χ1n) is 13.4. The number of nitrogens with two attached hydrogens (primary N) is 1. The maximum absolute atomic E-state index is 13.9. The molecule has 37 heavy (non-hydrogen) atoms. The van der Waals surface area contributed by atoms with Gasteiger partial charge in [-0.1, -0.05) is 53.9 Å². The van der Waals surface area contributed by atoms with Gasteiger partial charge in [0.2, 0.25) is 17.6 Å². The quantitative estimate of drug-likeness (QED) is 0.360. The van der Waals surface area contributed by atoms with E-state index in [-0.39, 0.29) is 29.1 Å². The summed E-state index contributed by atoms with van der Waals surface area (Å²) in [6.45, 7) is 15.7. The lowest BCUT2D eigenvalue weighted by molar-refractivity contribution is -0.145. The standard InChI is InChI=1S/C27H45N5O5/c1-25(2,3)20(30-24(37)31-26(4,5)6)23(36)32-13-15-17(27(15,7)8)18(32)22(35)29-16(19(33)21(28)34)12-14-10-9-11-14/h14-18,20H,9-13H2,1-8H3,(H2,28,34)(H,29,35)(H2,30,31,37)/t15-,16?,17?,18?,20?/m0/s1. The number of amides is 5. The Labute approximate surface area is 220 Å². The number of rotatable bonds is 8. The van der Waals surface area contributed by atoms with Crippen LogP contribution in [0, 0.1) is 28.6 Å². The number of carbonyl (C=O) groups excluding carboxylic acids is 5. The molecule has 3 rings (SSSR count). The third kappa shape index (κ3) is 6.26. The summed E-state index contributed by atoms with van der Waals surface area (Å²) >= 11 is 0. The topological polar surface area (TPSA) is 151 Å². The van der Waals surface area contributed by atoms with Crippen molar-refractivity contribution < 1.29 is 24.0 Å². The molecular weight excluding hydrogens is 474 g/mol. The molecule has 3 fully saturated rings. The molecule has 4 unspecified atom stereocenters. The Morgan fingerprint density at radius 3 is 2.05 bits per heavy atom. The molecule has 10 heteroatoms. The number of urea groups is 1. The maximum atomic E-state index is 13.9. The van der Waals surface area contributed by atoms with Crippen molar-refractivity contribution in [3.63, 3.8) is 0 Å². The first-order valence-corrected chi connectivity index (χ1v) is 13.4. The zero-order valence-corrected chi connectivity index (χ0v) is 23.6. The molecule has 0 spiro atoms. The lowest BCUT2D eigenvalue weighted by atomic mass is 9.80. The third-order valence-corrected chi connectivity index (χ3v) is 8.31. The van der Waals surface area contributed by atoms with Crippen LogP contribution in [0.2, 0.25) is 0 Å². The van der Waals surface area contributed by atoms with Crippen LogP contribution < -0.4 is 21.7 Å². The fraction of sp³-hybridized carbons (Fsp3) is 0.815. The molecule has 208 valence electrons. The number of nitrogens with one attached hydrogen (secondary N) is 3. The van der Waals surface area contributed by atoms with E-state index in [0.29, 0.717) is 13.0 Å². The highest BCUT2D eigenvalue weighted by Gasteiger charge is 2.70. The summed E-state index contributed by atoms with van der Waals surface area (Å²) < 4.78 is 0. The average molecular weight is 520 g/mol. The molecule has 10 nitrogen and oxygen atoms in total. The van der Waals surface area contributed by atoms with E-state index in [9.17, 15) is 24.0 Å². The minimum absolute atomic E-state index is 0.0755. The van der Waals surface area contributed by atoms with E-state index in [1.165, 1.54) is 0 Å². The average Bonchev–Trinajstić information content (AvgIpc) is 3.06. The molecule has 1 saturated heterocycles. The normalized spacial score (nSPS) is 26.3. The van der Waals surface area contributed by atoms with Crippen LogP contribution in [-0.2, 0) is 19.2 Å². The number of primary amides is 1. The Hall–Kier alpha value is -2.65. The van der Waals surface area contributed by atoms with Crippen LogP contribution in [0.3, 0.4) is 0 Å². The summed E-state index contributed by atoms with van der Waals surface area (Å²) in [7, 11) is 0. The van der Waals surface area contributed by atoms with E-state index in [1.54, 1.807) is 4.90 Å². The van der Waals surface area contributed by atoms with Crippen molar-refractivity contribution in [1.82, 2.24) is 20.9 Å². The van der Waals surface area contributed by atoms with Crippen molar-refractivity contribution in [2.75, 3.05) is 6.54 Å². The van der Waals surface area contributed by atoms with Crippen molar-refractivity contribution in [2.24, 2.45) is 34.3 Å². The molecule has 2 saturated carbocycles. The van der Waals surface area contributed by atoms with E-state index in [2.05, 4.69) is 29.8 Å². The van der Waals surface area contributed by atoms with Gasteiger partial charge in [0.25, 0.3) is 5.91 Å². The molecule has 5 amide bonds.